The van der Waals surface area contributed by atoms with Gasteiger partial charge in [0.05, 0.1) is 10.7 Å². The van der Waals surface area contributed by atoms with Crippen LogP contribution in [0.1, 0.15) is 56.9 Å². The quantitative estimate of drug-likeness (QED) is 0.498. The molecule has 1 aliphatic heterocycles. The summed E-state index contributed by atoms with van der Waals surface area (Å²) in [5, 5.41) is 0.706. The van der Waals surface area contributed by atoms with Gasteiger partial charge < -0.3 is 4.74 Å². The lowest BCUT2D eigenvalue weighted by Gasteiger charge is -2.37. The minimum absolute atomic E-state index is 0.0436. The Labute approximate surface area is 170 Å². The third kappa shape index (κ3) is 4.78. The first-order valence-corrected chi connectivity index (χ1v) is 11.4. The maximum absolute atomic E-state index is 6.49. The first kappa shape index (κ1) is 20.1. The van der Waals surface area contributed by atoms with Crippen LogP contribution in [-0.2, 0) is 4.74 Å². The molecule has 0 radical (unpaired) electrons. The van der Waals surface area contributed by atoms with Crippen LogP contribution < -0.4 is 0 Å². The van der Waals surface area contributed by atoms with Crippen LogP contribution in [0.25, 0.3) is 0 Å². The number of aromatic nitrogens is 1. The molecule has 1 aromatic carbocycles. The third-order valence-electron chi connectivity index (χ3n) is 4.84. The van der Waals surface area contributed by atoms with E-state index in [1.807, 2.05) is 30.3 Å². The highest BCUT2D eigenvalue weighted by molar-refractivity contribution is 8.00. The van der Waals surface area contributed by atoms with E-state index < -0.39 is 0 Å². The van der Waals surface area contributed by atoms with Crippen molar-refractivity contribution in [3.63, 3.8) is 0 Å². The number of hydrogen-bond acceptors (Lipinski definition) is 4. The molecule has 2 unspecified atom stereocenters. The molecular formula is C21H26ClNOS2. The summed E-state index contributed by atoms with van der Waals surface area (Å²) in [6, 6.07) is 10.9. The molecule has 26 heavy (non-hydrogen) atoms. The van der Waals surface area contributed by atoms with E-state index in [2.05, 4.69) is 50.0 Å². The Morgan fingerprint density at radius 1 is 1.27 bits per heavy atom. The maximum Gasteiger partial charge on any atom is 0.102 e. The normalized spacial score (nSPS) is 23.4. The zero-order valence-corrected chi connectivity index (χ0v) is 18.2. The second kappa shape index (κ2) is 8.55. The average Bonchev–Trinajstić information content (AvgIpc) is 2.61. The van der Waals surface area contributed by atoms with E-state index in [-0.39, 0.29) is 10.9 Å². The van der Waals surface area contributed by atoms with Gasteiger partial charge in [0.2, 0.25) is 0 Å². The Morgan fingerprint density at radius 3 is 2.77 bits per heavy atom. The van der Waals surface area contributed by atoms with Crippen LogP contribution >= 0.6 is 35.1 Å². The number of rotatable bonds is 5. The van der Waals surface area contributed by atoms with Crippen molar-refractivity contribution in [3.8, 4) is 0 Å². The zero-order valence-electron chi connectivity index (χ0n) is 15.8. The number of halogens is 1. The standard InChI is InChI=1S/C21H26ClNOS2/c1-14(2)15-6-5-7-16(10-15)26-21(3)8-9-24-19(12-21)20-18(22)11-17(25-4)13-23-20/h5-7,10-11,13-14,19H,8-9,12H2,1-4H3. The summed E-state index contributed by atoms with van der Waals surface area (Å²) in [5.41, 5.74) is 2.26. The van der Waals surface area contributed by atoms with Gasteiger partial charge in [-0.15, -0.1) is 23.5 Å². The summed E-state index contributed by atoms with van der Waals surface area (Å²) in [7, 11) is 0. The molecule has 0 saturated carbocycles. The molecule has 1 aliphatic rings. The van der Waals surface area contributed by atoms with Gasteiger partial charge >= 0.3 is 0 Å². The van der Waals surface area contributed by atoms with E-state index in [4.69, 9.17) is 16.3 Å². The summed E-state index contributed by atoms with van der Waals surface area (Å²) in [6.07, 6.45) is 5.82. The Kier molecular flexibility index (Phi) is 6.60. The van der Waals surface area contributed by atoms with E-state index in [0.717, 1.165) is 30.0 Å². The molecule has 0 spiro atoms. The Hall–Kier alpha value is -0.680. The smallest absolute Gasteiger partial charge is 0.102 e. The molecule has 3 rings (SSSR count). The number of hydrogen-bond donors (Lipinski definition) is 0. The highest BCUT2D eigenvalue weighted by Crippen LogP contribution is 2.46. The highest BCUT2D eigenvalue weighted by Gasteiger charge is 2.36. The number of thioether (sulfide) groups is 2. The predicted molar refractivity (Wildman–Crippen MR) is 114 cm³/mol. The Morgan fingerprint density at radius 2 is 2.08 bits per heavy atom. The lowest BCUT2D eigenvalue weighted by atomic mass is 9.94. The van der Waals surface area contributed by atoms with E-state index in [0.29, 0.717) is 10.9 Å². The first-order chi connectivity index (χ1) is 12.4. The molecule has 2 aromatic rings. The van der Waals surface area contributed by atoms with Crippen molar-refractivity contribution in [3.05, 3.63) is 52.8 Å². The van der Waals surface area contributed by atoms with Crippen LogP contribution in [-0.4, -0.2) is 22.6 Å². The lowest BCUT2D eigenvalue weighted by molar-refractivity contribution is -0.000268. The molecule has 2 heterocycles. The van der Waals surface area contributed by atoms with Crippen LogP contribution in [0.3, 0.4) is 0 Å². The molecule has 0 N–H and O–H groups in total. The fourth-order valence-corrected chi connectivity index (χ4v) is 5.32. The molecule has 1 aromatic heterocycles. The predicted octanol–water partition coefficient (Wildman–Crippen LogP) is 6.98. The SMILES string of the molecule is CSc1cnc(C2CC(C)(Sc3cccc(C(C)C)c3)CCO2)c(Cl)c1. The summed E-state index contributed by atoms with van der Waals surface area (Å²) >= 11 is 10.1. The minimum Gasteiger partial charge on any atom is -0.372 e. The number of pyridine rings is 1. The van der Waals surface area contributed by atoms with Crippen molar-refractivity contribution in [2.45, 2.75) is 60.2 Å². The first-order valence-electron chi connectivity index (χ1n) is 9.00. The Balaban J connectivity index is 1.77. The van der Waals surface area contributed by atoms with E-state index in [1.54, 1.807) is 11.8 Å². The summed E-state index contributed by atoms with van der Waals surface area (Å²) < 4.78 is 6.16. The van der Waals surface area contributed by atoms with Gasteiger partial charge in [0, 0.05) is 27.3 Å². The molecule has 1 fully saturated rings. The van der Waals surface area contributed by atoms with Crippen molar-refractivity contribution in [1.29, 1.82) is 0 Å². The molecule has 0 aliphatic carbocycles. The molecule has 2 atom stereocenters. The average molecular weight is 408 g/mol. The summed E-state index contributed by atoms with van der Waals surface area (Å²) in [5.74, 6) is 0.545. The molecule has 1 saturated heterocycles. The van der Waals surface area contributed by atoms with Crippen molar-refractivity contribution in [2.75, 3.05) is 12.9 Å². The van der Waals surface area contributed by atoms with Gasteiger partial charge in [0.1, 0.15) is 6.10 Å². The van der Waals surface area contributed by atoms with Gasteiger partial charge in [0.25, 0.3) is 0 Å². The third-order valence-corrected chi connectivity index (χ3v) is 7.19. The maximum atomic E-state index is 6.49. The molecule has 0 amide bonds. The van der Waals surface area contributed by atoms with Crippen LogP contribution in [0.15, 0.2) is 46.3 Å². The Bertz CT molecular complexity index is 767. The van der Waals surface area contributed by atoms with Crippen molar-refractivity contribution in [1.82, 2.24) is 4.98 Å². The van der Waals surface area contributed by atoms with E-state index >= 15 is 0 Å². The van der Waals surface area contributed by atoms with Gasteiger partial charge in [-0.3, -0.25) is 4.98 Å². The largest absolute Gasteiger partial charge is 0.372 e. The second-order valence-corrected chi connectivity index (χ2v) is 10.3. The molecule has 0 bridgehead atoms. The van der Waals surface area contributed by atoms with E-state index in [9.17, 15) is 0 Å². The van der Waals surface area contributed by atoms with Crippen LogP contribution in [0.5, 0.6) is 0 Å². The van der Waals surface area contributed by atoms with Crippen LogP contribution in [0.4, 0.5) is 0 Å². The topological polar surface area (TPSA) is 22.1 Å². The van der Waals surface area contributed by atoms with Gasteiger partial charge in [-0.25, -0.2) is 0 Å². The monoisotopic (exact) mass is 407 g/mol. The van der Waals surface area contributed by atoms with Gasteiger partial charge in [-0.2, -0.15) is 0 Å². The van der Waals surface area contributed by atoms with Crippen LogP contribution in [0, 0.1) is 0 Å². The zero-order chi connectivity index (χ0) is 18.7. The molecule has 2 nitrogen and oxygen atoms in total. The molecule has 140 valence electrons. The summed E-state index contributed by atoms with van der Waals surface area (Å²) in [4.78, 5) is 7.01. The van der Waals surface area contributed by atoms with Gasteiger partial charge in [-0.05, 0) is 55.7 Å². The second-order valence-electron chi connectivity index (χ2n) is 7.33. The van der Waals surface area contributed by atoms with E-state index in [1.165, 1.54) is 10.5 Å². The van der Waals surface area contributed by atoms with Gasteiger partial charge in [0.15, 0.2) is 0 Å². The lowest BCUT2D eigenvalue weighted by Crippen LogP contribution is -2.32. The van der Waals surface area contributed by atoms with Crippen molar-refractivity contribution < 1.29 is 4.74 Å². The van der Waals surface area contributed by atoms with Gasteiger partial charge in [-0.1, -0.05) is 37.6 Å². The highest BCUT2D eigenvalue weighted by atomic mass is 35.5. The number of nitrogens with zero attached hydrogens (tertiary/aromatic N) is 1. The summed E-state index contributed by atoms with van der Waals surface area (Å²) in [6.45, 7) is 7.55. The molecular weight excluding hydrogens is 382 g/mol. The number of ether oxygens (including phenoxy) is 1. The minimum atomic E-state index is -0.0436. The fourth-order valence-electron chi connectivity index (χ4n) is 3.24. The van der Waals surface area contributed by atoms with Crippen molar-refractivity contribution >= 4 is 35.1 Å². The van der Waals surface area contributed by atoms with Crippen LogP contribution in [0.2, 0.25) is 5.02 Å². The van der Waals surface area contributed by atoms with Crippen molar-refractivity contribution in [2.24, 2.45) is 0 Å². The number of benzene rings is 1. The molecule has 5 heteroatoms. The fraction of sp³-hybridized carbons (Fsp3) is 0.476.